The molecule has 1 heterocycles. The first-order chi connectivity index (χ1) is 7.24. The van der Waals surface area contributed by atoms with Crippen LogP contribution in [0.4, 0.5) is 0 Å². The highest BCUT2D eigenvalue weighted by Crippen LogP contribution is 2.15. The third-order valence-corrected chi connectivity index (χ3v) is 3.23. The second-order valence-corrected chi connectivity index (χ2v) is 4.83. The van der Waals surface area contributed by atoms with Crippen LogP contribution in [-0.2, 0) is 6.42 Å². The van der Waals surface area contributed by atoms with Gasteiger partial charge in [0.15, 0.2) is 0 Å². The molecular weight excluding hydrogens is 182 g/mol. The van der Waals surface area contributed by atoms with Gasteiger partial charge in [0.2, 0.25) is 0 Å². The van der Waals surface area contributed by atoms with Crippen molar-refractivity contribution in [1.82, 2.24) is 5.32 Å². The lowest BCUT2D eigenvalue weighted by Crippen LogP contribution is -2.21. The maximum absolute atomic E-state index is 3.56. The molecule has 0 amide bonds. The fourth-order valence-corrected chi connectivity index (χ4v) is 2.56. The fourth-order valence-electron chi connectivity index (χ4n) is 2.56. The molecule has 0 spiro atoms. The highest BCUT2D eigenvalue weighted by atomic mass is 14.9. The number of hydrogen-bond acceptors (Lipinski definition) is 1. The van der Waals surface area contributed by atoms with Crippen molar-refractivity contribution < 1.29 is 0 Å². The lowest BCUT2D eigenvalue weighted by atomic mass is 10.0. The Balaban J connectivity index is 1.92. The summed E-state index contributed by atoms with van der Waals surface area (Å²) in [6.45, 7) is 5.59. The van der Waals surface area contributed by atoms with E-state index in [0.717, 1.165) is 6.04 Å². The van der Waals surface area contributed by atoms with Gasteiger partial charge in [-0.3, -0.25) is 0 Å². The number of rotatable bonds is 3. The lowest BCUT2D eigenvalue weighted by molar-refractivity contribution is 0.559. The van der Waals surface area contributed by atoms with Gasteiger partial charge in [0.05, 0.1) is 0 Å². The normalized spacial score (nSPS) is 20.8. The largest absolute Gasteiger partial charge is 0.314 e. The first-order valence-electron chi connectivity index (χ1n) is 6.04. The average Bonchev–Trinajstić information content (AvgIpc) is 2.65. The van der Waals surface area contributed by atoms with Crippen LogP contribution in [0.1, 0.15) is 36.0 Å². The van der Waals surface area contributed by atoms with E-state index in [-0.39, 0.29) is 0 Å². The highest BCUT2D eigenvalue weighted by molar-refractivity contribution is 5.28. The molecule has 1 atom stereocenters. The molecule has 0 radical (unpaired) electrons. The molecule has 1 aliphatic rings. The summed E-state index contributed by atoms with van der Waals surface area (Å²) in [7, 11) is 0. The molecule has 2 rings (SSSR count). The minimum atomic E-state index is 0.769. The highest BCUT2D eigenvalue weighted by Gasteiger charge is 2.13. The van der Waals surface area contributed by atoms with Crippen LogP contribution in [0.5, 0.6) is 0 Å². The van der Waals surface area contributed by atoms with Gasteiger partial charge in [-0.25, -0.2) is 0 Å². The molecule has 1 N–H and O–H groups in total. The van der Waals surface area contributed by atoms with E-state index < -0.39 is 0 Å². The van der Waals surface area contributed by atoms with Gasteiger partial charge in [-0.05, 0) is 51.6 Å². The molecular formula is C14H21N. The topological polar surface area (TPSA) is 12.0 Å². The van der Waals surface area contributed by atoms with Gasteiger partial charge in [0, 0.05) is 6.04 Å². The van der Waals surface area contributed by atoms with Crippen molar-refractivity contribution in [3.05, 3.63) is 34.9 Å². The van der Waals surface area contributed by atoms with Gasteiger partial charge in [-0.1, -0.05) is 29.3 Å². The lowest BCUT2D eigenvalue weighted by Gasteiger charge is -2.10. The SMILES string of the molecule is Cc1cc(C)cc(CC[C@H]2CCCN2)c1. The Morgan fingerprint density at radius 2 is 1.93 bits per heavy atom. The predicted octanol–water partition coefficient (Wildman–Crippen LogP) is 2.99. The zero-order chi connectivity index (χ0) is 10.7. The van der Waals surface area contributed by atoms with Crippen molar-refractivity contribution in [1.29, 1.82) is 0 Å². The van der Waals surface area contributed by atoms with Crippen molar-refractivity contribution in [2.24, 2.45) is 0 Å². The van der Waals surface area contributed by atoms with Crippen LogP contribution in [0.25, 0.3) is 0 Å². The molecule has 0 bridgehead atoms. The maximum Gasteiger partial charge on any atom is 0.00707 e. The van der Waals surface area contributed by atoms with Gasteiger partial charge in [0.1, 0.15) is 0 Å². The molecule has 1 aliphatic heterocycles. The van der Waals surface area contributed by atoms with Crippen molar-refractivity contribution in [2.45, 2.75) is 45.6 Å². The molecule has 15 heavy (non-hydrogen) atoms. The van der Waals surface area contributed by atoms with Gasteiger partial charge in [-0.15, -0.1) is 0 Å². The van der Waals surface area contributed by atoms with Crippen LogP contribution in [0.15, 0.2) is 18.2 Å². The van der Waals surface area contributed by atoms with E-state index in [9.17, 15) is 0 Å². The summed E-state index contributed by atoms with van der Waals surface area (Å²) in [5.41, 5.74) is 4.29. The van der Waals surface area contributed by atoms with E-state index >= 15 is 0 Å². The van der Waals surface area contributed by atoms with E-state index in [1.807, 2.05) is 0 Å². The van der Waals surface area contributed by atoms with Crippen LogP contribution in [-0.4, -0.2) is 12.6 Å². The van der Waals surface area contributed by atoms with Gasteiger partial charge in [-0.2, -0.15) is 0 Å². The molecule has 1 saturated heterocycles. The van der Waals surface area contributed by atoms with Gasteiger partial charge < -0.3 is 5.32 Å². The van der Waals surface area contributed by atoms with Gasteiger partial charge >= 0.3 is 0 Å². The number of benzene rings is 1. The smallest absolute Gasteiger partial charge is 0.00707 e. The molecule has 82 valence electrons. The molecule has 0 aliphatic carbocycles. The molecule has 1 aromatic carbocycles. The fraction of sp³-hybridized carbons (Fsp3) is 0.571. The molecule has 1 fully saturated rings. The summed E-state index contributed by atoms with van der Waals surface area (Å²) in [4.78, 5) is 0. The van der Waals surface area contributed by atoms with Crippen molar-refractivity contribution in [3.63, 3.8) is 0 Å². The van der Waals surface area contributed by atoms with Crippen molar-refractivity contribution in [3.8, 4) is 0 Å². The third kappa shape index (κ3) is 3.07. The Morgan fingerprint density at radius 3 is 2.53 bits per heavy atom. The number of nitrogens with one attached hydrogen (secondary N) is 1. The summed E-state index contributed by atoms with van der Waals surface area (Å²) in [5.74, 6) is 0. The summed E-state index contributed by atoms with van der Waals surface area (Å²) >= 11 is 0. The first-order valence-corrected chi connectivity index (χ1v) is 6.04. The molecule has 0 aromatic heterocycles. The average molecular weight is 203 g/mol. The van der Waals surface area contributed by atoms with Crippen LogP contribution >= 0.6 is 0 Å². The molecule has 0 saturated carbocycles. The number of aryl methyl sites for hydroxylation is 3. The number of hydrogen-bond donors (Lipinski definition) is 1. The van der Waals surface area contributed by atoms with Crippen LogP contribution in [0.2, 0.25) is 0 Å². The van der Waals surface area contributed by atoms with Crippen molar-refractivity contribution in [2.75, 3.05) is 6.54 Å². The first kappa shape index (κ1) is 10.7. The van der Waals surface area contributed by atoms with Crippen LogP contribution < -0.4 is 5.32 Å². The van der Waals surface area contributed by atoms with E-state index in [1.54, 1.807) is 0 Å². The van der Waals surface area contributed by atoms with E-state index in [1.165, 1.54) is 48.9 Å². The minimum Gasteiger partial charge on any atom is -0.314 e. The summed E-state index contributed by atoms with van der Waals surface area (Å²) in [6, 6.07) is 7.66. The van der Waals surface area contributed by atoms with E-state index in [0.29, 0.717) is 0 Å². The molecule has 1 aromatic rings. The molecule has 1 nitrogen and oxygen atoms in total. The van der Waals surface area contributed by atoms with E-state index in [2.05, 4.69) is 37.4 Å². The Bertz CT molecular complexity index is 304. The van der Waals surface area contributed by atoms with Gasteiger partial charge in [0.25, 0.3) is 0 Å². The zero-order valence-corrected chi connectivity index (χ0v) is 9.84. The Kier molecular flexibility index (Phi) is 3.42. The van der Waals surface area contributed by atoms with Crippen molar-refractivity contribution >= 4 is 0 Å². The molecule has 1 heteroatoms. The second kappa shape index (κ2) is 4.80. The summed E-state index contributed by atoms with van der Waals surface area (Å²) in [5, 5.41) is 3.56. The van der Waals surface area contributed by atoms with Crippen LogP contribution in [0, 0.1) is 13.8 Å². The maximum atomic E-state index is 3.56. The molecule has 0 unspecified atom stereocenters. The predicted molar refractivity (Wildman–Crippen MR) is 65.3 cm³/mol. The Labute approximate surface area is 92.9 Å². The van der Waals surface area contributed by atoms with Crippen LogP contribution in [0.3, 0.4) is 0 Å². The minimum absolute atomic E-state index is 0.769. The standard InChI is InChI=1S/C14H21N/c1-11-8-12(2)10-13(9-11)5-6-14-4-3-7-15-14/h8-10,14-15H,3-7H2,1-2H3/t14-/m1/s1. The Hall–Kier alpha value is -0.820. The third-order valence-electron chi connectivity index (χ3n) is 3.23. The van der Waals surface area contributed by atoms with E-state index in [4.69, 9.17) is 0 Å². The summed E-state index contributed by atoms with van der Waals surface area (Å²) in [6.07, 6.45) is 5.24. The second-order valence-electron chi connectivity index (χ2n) is 4.83. The zero-order valence-electron chi connectivity index (χ0n) is 9.84. The quantitative estimate of drug-likeness (QED) is 0.796. The Morgan fingerprint density at radius 1 is 1.20 bits per heavy atom. The monoisotopic (exact) mass is 203 g/mol. The summed E-state index contributed by atoms with van der Waals surface area (Å²) < 4.78 is 0.